The zero-order valence-corrected chi connectivity index (χ0v) is 25.2. The average molecular weight is 610 g/mol. The van der Waals surface area contributed by atoms with Crippen LogP contribution in [0.25, 0.3) is 0 Å². The lowest BCUT2D eigenvalue weighted by Crippen LogP contribution is -2.38. The first-order valence-electron chi connectivity index (χ1n) is 12.9. The smallest absolute Gasteiger partial charge is 0.264 e. The molecule has 1 aromatic heterocycles. The highest BCUT2D eigenvalue weighted by Crippen LogP contribution is 2.26. The van der Waals surface area contributed by atoms with E-state index < -0.39 is 32.5 Å². The number of anilines is 3. The summed E-state index contributed by atoms with van der Waals surface area (Å²) in [7, 11) is -8.11. The van der Waals surface area contributed by atoms with E-state index in [2.05, 4.69) is 20.0 Å². The van der Waals surface area contributed by atoms with Crippen LogP contribution >= 0.6 is 0 Å². The average Bonchev–Trinajstić information content (AvgIpc) is 2.92. The van der Waals surface area contributed by atoms with Crippen LogP contribution in [0.2, 0.25) is 0 Å². The van der Waals surface area contributed by atoms with Crippen molar-refractivity contribution in [3.8, 4) is 5.75 Å². The van der Waals surface area contributed by atoms with Gasteiger partial charge in [0.05, 0.1) is 22.1 Å². The van der Waals surface area contributed by atoms with Crippen molar-refractivity contribution in [2.45, 2.75) is 37.5 Å². The van der Waals surface area contributed by atoms with Gasteiger partial charge in [-0.3, -0.25) is 9.10 Å². The lowest BCUT2D eigenvalue weighted by atomic mass is 10.2. The van der Waals surface area contributed by atoms with Crippen molar-refractivity contribution in [3.63, 3.8) is 0 Å². The number of aromatic nitrogens is 2. The highest BCUT2D eigenvalue weighted by Gasteiger charge is 2.27. The first-order chi connectivity index (χ1) is 19.9. The van der Waals surface area contributed by atoms with Gasteiger partial charge < -0.3 is 10.1 Å². The van der Waals surface area contributed by atoms with Crippen LogP contribution in [0, 0.1) is 20.8 Å². The highest BCUT2D eigenvalue weighted by molar-refractivity contribution is 7.93. The van der Waals surface area contributed by atoms with E-state index in [1.165, 1.54) is 36.4 Å². The molecule has 0 unspecified atom stereocenters. The molecule has 42 heavy (non-hydrogen) atoms. The molecule has 0 atom stereocenters. The molecule has 11 nitrogen and oxygen atoms in total. The van der Waals surface area contributed by atoms with E-state index in [-0.39, 0.29) is 27.1 Å². The van der Waals surface area contributed by atoms with Crippen molar-refractivity contribution in [3.05, 3.63) is 95.8 Å². The molecule has 0 aliphatic rings. The molecule has 0 spiro atoms. The van der Waals surface area contributed by atoms with Crippen molar-refractivity contribution < 1.29 is 26.4 Å². The Kier molecular flexibility index (Phi) is 9.12. The van der Waals surface area contributed by atoms with E-state index in [9.17, 15) is 21.6 Å². The summed E-state index contributed by atoms with van der Waals surface area (Å²) < 4.78 is 61.7. The summed E-state index contributed by atoms with van der Waals surface area (Å²) in [5.41, 5.74) is 2.67. The van der Waals surface area contributed by atoms with Gasteiger partial charge in [0.1, 0.15) is 12.3 Å². The van der Waals surface area contributed by atoms with E-state index in [1.807, 2.05) is 13.8 Å². The van der Waals surface area contributed by atoms with Gasteiger partial charge in [-0.2, -0.15) is 0 Å². The molecule has 0 aliphatic heterocycles. The van der Waals surface area contributed by atoms with Crippen molar-refractivity contribution in [2.24, 2.45) is 0 Å². The van der Waals surface area contributed by atoms with Crippen LogP contribution in [0.3, 0.4) is 0 Å². The first kappa shape index (κ1) is 30.5. The largest absolute Gasteiger partial charge is 0.494 e. The highest BCUT2D eigenvalue weighted by atomic mass is 32.2. The van der Waals surface area contributed by atoms with Gasteiger partial charge in [-0.15, -0.1) is 0 Å². The van der Waals surface area contributed by atoms with Crippen molar-refractivity contribution in [2.75, 3.05) is 27.5 Å². The van der Waals surface area contributed by atoms with Gasteiger partial charge in [0, 0.05) is 17.1 Å². The molecule has 0 aliphatic carbocycles. The number of nitrogens with zero attached hydrogens (tertiary/aromatic N) is 3. The van der Waals surface area contributed by atoms with Crippen LogP contribution < -0.4 is 19.1 Å². The molecule has 2 N–H and O–H groups in total. The predicted molar refractivity (Wildman–Crippen MR) is 161 cm³/mol. The Morgan fingerprint density at radius 2 is 1.38 bits per heavy atom. The summed E-state index contributed by atoms with van der Waals surface area (Å²) in [6, 6.07) is 19.9. The van der Waals surface area contributed by atoms with Crippen molar-refractivity contribution >= 4 is 43.3 Å². The lowest BCUT2D eigenvalue weighted by molar-refractivity contribution is -0.114. The van der Waals surface area contributed by atoms with Gasteiger partial charge in [0.15, 0.2) is 0 Å². The number of carbonyl (C=O) groups is 1. The van der Waals surface area contributed by atoms with Crippen LogP contribution in [-0.2, 0) is 24.8 Å². The predicted octanol–water partition coefficient (Wildman–Crippen LogP) is 4.44. The van der Waals surface area contributed by atoms with Crippen LogP contribution in [0.5, 0.6) is 5.75 Å². The number of hydrogen-bond donors (Lipinski definition) is 2. The number of ether oxygens (including phenoxy) is 1. The topological polar surface area (TPSA) is 148 Å². The summed E-state index contributed by atoms with van der Waals surface area (Å²) in [5.74, 6) is -0.113. The van der Waals surface area contributed by atoms with Gasteiger partial charge in [0.25, 0.3) is 20.0 Å². The number of benzene rings is 3. The number of aryl methyl sites for hydroxylation is 3. The quantitative estimate of drug-likeness (QED) is 0.254. The maximum atomic E-state index is 13.6. The van der Waals surface area contributed by atoms with Crippen LogP contribution in [0.1, 0.15) is 23.9 Å². The summed E-state index contributed by atoms with van der Waals surface area (Å²) in [6.45, 7) is 7.06. The van der Waals surface area contributed by atoms with Crippen molar-refractivity contribution in [1.29, 1.82) is 0 Å². The Labute approximate surface area is 245 Å². The molecule has 4 rings (SSSR count). The third-order valence-electron chi connectivity index (χ3n) is 5.99. The standard InChI is InChI=1S/C29H31N5O6S2/c1-5-40-25-12-10-24(11-13-25)34(42(38,39)27-14-6-20(2)7-15-27)19-28(35)32-23-8-16-26(17-9-23)41(36,37)33-29-30-21(3)18-22(4)31-29/h6-18H,5,19H2,1-4H3,(H,32,35)(H,30,31,33). The molecule has 0 saturated heterocycles. The third kappa shape index (κ3) is 7.42. The van der Waals surface area contributed by atoms with Gasteiger partial charge >= 0.3 is 0 Å². The molecule has 4 aromatic rings. The Balaban J connectivity index is 1.53. The fraction of sp³-hybridized carbons (Fsp3) is 0.207. The Morgan fingerprint density at radius 3 is 1.95 bits per heavy atom. The SMILES string of the molecule is CCOc1ccc(N(CC(=O)Nc2ccc(S(=O)(=O)Nc3nc(C)cc(C)n3)cc2)S(=O)(=O)c2ccc(C)cc2)cc1. The number of rotatable bonds is 11. The summed E-state index contributed by atoms with van der Waals surface area (Å²) >= 11 is 0. The second kappa shape index (κ2) is 12.6. The Morgan fingerprint density at radius 1 is 0.810 bits per heavy atom. The van der Waals surface area contributed by atoms with E-state index in [4.69, 9.17) is 4.74 Å². The van der Waals surface area contributed by atoms with Gasteiger partial charge in [-0.05, 0) is 94.4 Å². The molecule has 3 aromatic carbocycles. The summed E-state index contributed by atoms with van der Waals surface area (Å²) in [6.07, 6.45) is 0. The molecule has 0 saturated carbocycles. The third-order valence-corrected chi connectivity index (χ3v) is 9.12. The van der Waals surface area contributed by atoms with Gasteiger partial charge in [-0.25, -0.2) is 31.5 Å². The summed E-state index contributed by atoms with van der Waals surface area (Å²) in [4.78, 5) is 21.2. The molecule has 1 amide bonds. The minimum Gasteiger partial charge on any atom is -0.494 e. The number of carbonyl (C=O) groups excluding carboxylic acids is 1. The lowest BCUT2D eigenvalue weighted by Gasteiger charge is -2.24. The Bertz CT molecular complexity index is 1760. The van der Waals surface area contributed by atoms with Gasteiger partial charge in [0.2, 0.25) is 11.9 Å². The van der Waals surface area contributed by atoms with E-state index in [0.29, 0.717) is 23.7 Å². The van der Waals surface area contributed by atoms with E-state index in [0.717, 1.165) is 9.87 Å². The monoisotopic (exact) mass is 609 g/mol. The van der Waals surface area contributed by atoms with Crippen LogP contribution in [-0.4, -0.2) is 45.9 Å². The maximum Gasteiger partial charge on any atom is 0.264 e. The van der Waals surface area contributed by atoms with Crippen LogP contribution in [0.4, 0.5) is 17.3 Å². The molecule has 0 fully saturated rings. The normalized spacial score (nSPS) is 11.5. The molecular weight excluding hydrogens is 578 g/mol. The molecule has 1 heterocycles. The zero-order valence-electron chi connectivity index (χ0n) is 23.5. The maximum absolute atomic E-state index is 13.6. The second-order valence-corrected chi connectivity index (χ2v) is 12.9. The number of nitrogens with one attached hydrogen (secondary N) is 2. The minimum absolute atomic E-state index is 0.0321. The van der Waals surface area contributed by atoms with E-state index >= 15 is 0 Å². The molecular formula is C29H31N5O6S2. The van der Waals surface area contributed by atoms with Crippen molar-refractivity contribution in [1.82, 2.24) is 9.97 Å². The number of hydrogen-bond acceptors (Lipinski definition) is 8. The summed E-state index contributed by atoms with van der Waals surface area (Å²) in [5, 5.41) is 2.64. The fourth-order valence-electron chi connectivity index (χ4n) is 4.03. The molecule has 0 bridgehead atoms. The Hall–Kier alpha value is -4.49. The zero-order chi connectivity index (χ0) is 30.5. The minimum atomic E-state index is -4.11. The van der Waals surface area contributed by atoms with E-state index in [1.54, 1.807) is 56.3 Å². The van der Waals surface area contributed by atoms with Gasteiger partial charge in [-0.1, -0.05) is 17.7 Å². The number of sulfonamides is 2. The first-order valence-corrected chi connectivity index (χ1v) is 15.9. The second-order valence-electron chi connectivity index (χ2n) is 9.40. The number of amides is 1. The van der Waals surface area contributed by atoms with Crippen LogP contribution in [0.15, 0.2) is 88.7 Å². The molecule has 13 heteroatoms. The molecule has 0 radical (unpaired) electrons. The molecule has 220 valence electrons. The fourth-order valence-corrected chi connectivity index (χ4v) is 6.39.